The minimum atomic E-state index is -0.804. The maximum absolute atomic E-state index is 14.0. The van der Waals surface area contributed by atoms with E-state index in [1.807, 2.05) is 0 Å². The first-order chi connectivity index (χ1) is 11.0. The summed E-state index contributed by atoms with van der Waals surface area (Å²) in [6.45, 7) is 1.70. The van der Waals surface area contributed by atoms with E-state index in [9.17, 15) is 13.6 Å². The van der Waals surface area contributed by atoms with Crippen LogP contribution in [-0.4, -0.2) is 34.7 Å². The van der Waals surface area contributed by atoms with E-state index in [-0.39, 0.29) is 35.8 Å². The normalized spacial score (nSPS) is 10.5. The number of carbonyl (C=O) groups excluding carboxylic acids is 1. The average molecular weight is 327 g/mol. The molecular formula is C14H15F2N3O4. The van der Waals surface area contributed by atoms with Crippen LogP contribution in [0.15, 0.2) is 18.3 Å². The summed E-state index contributed by atoms with van der Waals surface area (Å²) in [4.78, 5) is 11.5. The predicted octanol–water partition coefficient (Wildman–Crippen LogP) is 2.20. The fourth-order valence-corrected chi connectivity index (χ4v) is 1.97. The first kappa shape index (κ1) is 16.7. The monoisotopic (exact) mass is 327 g/mol. The van der Waals surface area contributed by atoms with Crippen LogP contribution in [0.5, 0.6) is 5.75 Å². The number of nitrogens with one attached hydrogen (secondary N) is 1. The SMILES string of the molecule is CCOc1cc(F)c(Cn2cc(NO)c(C(=O)OC)n2)c(F)c1. The average Bonchev–Trinajstić information content (AvgIpc) is 2.93. The van der Waals surface area contributed by atoms with Crippen LogP contribution in [0.3, 0.4) is 0 Å². The molecule has 7 nitrogen and oxygen atoms in total. The van der Waals surface area contributed by atoms with Gasteiger partial charge in [-0.05, 0) is 6.92 Å². The largest absolute Gasteiger partial charge is 0.494 e. The summed E-state index contributed by atoms with van der Waals surface area (Å²) < 4.78 is 38.7. The number of hydrogen-bond donors (Lipinski definition) is 2. The minimum Gasteiger partial charge on any atom is -0.494 e. The molecule has 1 heterocycles. The molecule has 0 fully saturated rings. The lowest BCUT2D eigenvalue weighted by molar-refractivity contribution is 0.0593. The van der Waals surface area contributed by atoms with E-state index >= 15 is 0 Å². The molecule has 9 heteroatoms. The molecule has 0 amide bonds. The zero-order valence-corrected chi connectivity index (χ0v) is 12.5. The van der Waals surface area contributed by atoms with Crippen LogP contribution in [0.4, 0.5) is 14.5 Å². The molecule has 1 aromatic carbocycles. The van der Waals surface area contributed by atoms with E-state index in [0.717, 1.165) is 23.9 Å². The van der Waals surface area contributed by atoms with Gasteiger partial charge in [0.1, 0.15) is 23.1 Å². The number of nitrogens with zero attached hydrogens (tertiary/aromatic N) is 2. The summed E-state index contributed by atoms with van der Waals surface area (Å²) in [5.74, 6) is -2.32. The van der Waals surface area contributed by atoms with Crippen molar-refractivity contribution in [2.75, 3.05) is 19.2 Å². The van der Waals surface area contributed by atoms with Gasteiger partial charge in [-0.2, -0.15) is 5.10 Å². The van der Waals surface area contributed by atoms with Crippen molar-refractivity contribution in [3.63, 3.8) is 0 Å². The Hall–Kier alpha value is -2.68. The Morgan fingerprint density at radius 2 is 2.04 bits per heavy atom. The van der Waals surface area contributed by atoms with E-state index in [0.29, 0.717) is 0 Å². The highest BCUT2D eigenvalue weighted by atomic mass is 19.1. The summed E-state index contributed by atoms with van der Waals surface area (Å²) >= 11 is 0. The smallest absolute Gasteiger partial charge is 0.360 e. The third kappa shape index (κ3) is 3.57. The van der Waals surface area contributed by atoms with Gasteiger partial charge < -0.3 is 9.47 Å². The second-order valence-electron chi connectivity index (χ2n) is 4.49. The number of carbonyl (C=O) groups is 1. The molecule has 2 N–H and O–H groups in total. The molecule has 0 saturated heterocycles. The molecule has 0 aliphatic rings. The lowest BCUT2D eigenvalue weighted by atomic mass is 10.2. The van der Waals surface area contributed by atoms with Gasteiger partial charge in [-0.15, -0.1) is 0 Å². The molecule has 0 radical (unpaired) electrons. The third-order valence-corrected chi connectivity index (χ3v) is 3.01. The minimum absolute atomic E-state index is 0.0383. The van der Waals surface area contributed by atoms with E-state index < -0.39 is 17.6 Å². The molecule has 0 aliphatic carbocycles. The standard InChI is InChI=1S/C14H15F2N3O4/c1-3-23-8-4-10(15)9(11(16)5-8)6-19-7-12(18-21)13(17-19)14(20)22-2/h4-5,7,18,21H,3,6H2,1-2H3. The van der Waals surface area contributed by atoms with Crippen molar-refractivity contribution in [3.05, 3.63) is 41.2 Å². The highest BCUT2D eigenvalue weighted by molar-refractivity contribution is 5.93. The summed E-state index contributed by atoms with van der Waals surface area (Å²) in [5.41, 5.74) is 1.28. The predicted molar refractivity (Wildman–Crippen MR) is 75.6 cm³/mol. The second kappa shape index (κ2) is 7.05. The molecule has 0 atom stereocenters. The lowest BCUT2D eigenvalue weighted by Crippen LogP contribution is -2.09. The Labute approximate surface area is 130 Å². The van der Waals surface area contributed by atoms with Gasteiger partial charge in [-0.3, -0.25) is 15.4 Å². The fourth-order valence-electron chi connectivity index (χ4n) is 1.97. The second-order valence-corrected chi connectivity index (χ2v) is 4.49. The Bertz CT molecular complexity index is 695. The van der Waals surface area contributed by atoms with Gasteiger partial charge in [-0.1, -0.05) is 0 Å². The van der Waals surface area contributed by atoms with Crippen LogP contribution in [-0.2, 0) is 11.3 Å². The highest BCUT2D eigenvalue weighted by Gasteiger charge is 2.19. The fraction of sp³-hybridized carbons (Fsp3) is 0.286. The quantitative estimate of drug-likeness (QED) is 0.625. The third-order valence-electron chi connectivity index (χ3n) is 3.01. The molecule has 124 valence electrons. The maximum atomic E-state index is 14.0. The first-order valence-electron chi connectivity index (χ1n) is 6.66. The number of anilines is 1. The number of aromatic nitrogens is 2. The van der Waals surface area contributed by atoms with Crippen LogP contribution in [0.25, 0.3) is 0 Å². The van der Waals surface area contributed by atoms with Gasteiger partial charge in [0, 0.05) is 17.7 Å². The first-order valence-corrected chi connectivity index (χ1v) is 6.66. The zero-order chi connectivity index (χ0) is 17.0. The highest BCUT2D eigenvalue weighted by Crippen LogP contribution is 2.22. The van der Waals surface area contributed by atoms with E-state index in [4.69, 9.17) is 9.94 Å². The van der Waals surface area contributed by atoms with Crippen LogP contribution < -0.4 is 10.2 Å². The Balaban J connectivity index is 2.32. The number of methoxy groups -OCH3 is 1. The molecular weight excluding hydrogens is 312 g/mol. The summed E-state index contributed by atoms with van der Waals surface area (Å²) in [6.07, 6.45) is 1.22. The number of ether oxygens (including phenoxy) is 2. The van der Waals surface area contributed by atoms with Gasteiger partial charge in [0.05, 0.1) is 26.5 Å². The summed E-state index contributed by atoms with van der Waals surface area (Å²) in [7, 11) is 1.15. The van der Waals surface area contributed by atoms with Crippen molar-refractivity contribution in [2.45, 2.75) is 13.5 Å². The maximum Gasteiger partial charge on any atom is 0.360 e. The van der Waals surface area contributed by atoms with Crippen molar-refractivity contribution < 1.29 is 28.3 Å². The Morgan fingerprint density at radius 3 is 2.57 bits per heavy atom. The van der Waals surface area contributed by atoms with Crippen molar-refractivity contribution in [3.8, 4) is 5.75 Å². The molecule has 0 bridgehead atoms. The van der Waals surface area contributed by atoms with E-state index in [2.05, 4.69) is 9.84 Å². The molecule has 1 aromatic heterocycles. The van der Waals surface area contributed by atoms with Gasteiger partial charge in [-0.25, -0.2) is 13.6 Å². The summed E-state index contributed by atoms with van der Waals surface area (Å²) in [5, 5.41) is 12.8. The molecule has 0 unspecified atom stereocenters. The van der Waals surface area contributed by atoms with E-state index in [1.165, 1.54) is 6.20 Å². The van der Waals surface area contributed by atoms with Crippen LogP contribution in [0.1, 0.15) is 23.0 Å². The van der Waals surface area contributed by atoms with Crippen LogP contribution in [0.2, 0.25) is 0 Å². The van der Waals surface area contributed by atoms with Crippen molar-refractivity contribution in [2.24, 2.45) is 0 Å². The van der Waals surface area contributed by atoms with Gasteiger partial charge >= 0.3 is 5.97 Å². The number of halogens is 2. The van der Waals surface area contributed by atoms with Crippen LogP contribution >= 0.6 is 0 Å². The molecule has 0 aliphatic heterocycles. The zero-order valence-electron chi connectivity index (χ0n) is 12.5. The molecule has 0 saturated carbocycles. The Morgan fingerprint density at radius 1 is 1.39 bits per heavy atom. The van der Waals surface area contributed by atoms with Gasteiger partial charge in [0.25, 0.3) is 0 Å². The van der Waals surface area contributed by atoms with Crippen molar-refractivity contribution in [1.82, 2.24) is 9.78 Å². The number of rotatable bonds is 6. The number of benzene rings is 1. The van der Waals surface area contributed by atoms with E-state index in [1.54, 1.807) is 12.4 Å². The number of esters is 1. The Kier molecular flexibility index (Phi) is 5.12. The molecule has 0 spiro atoms. The molecule has 2 aromatic rings. The van der Waals surface area contributed by atoms with Gasteiger partial charge in [0.2, 0.25) is 0 Å². The molecule has 23 heavy (non-hydrogen) atoms. The summed E-state index contributed by atoms with van der Waals surface area (Å²) in [6, 6.07) is 2.13. The van der Waals surface area contributed by atoms with Crippen LogP contribution in [0, 0.1) is 11.6 Å². The van der Waals surface area contributed by atoms with Gasteiger partial charge in [0.15, 0.2) is 5.69 Å². The topological polar surface area (TPSA) is 85.6 Å². The lowest BCUT2D eigenvalue weighted by Gasteiger charge is -2.09. The molecule has 2 rings (SSSR count). The van der Waals surface area contributed by atoms with Crippen molar-refractivity contribution in [1.29, 1.82) is 0 Å². The van der Waals surface area contributed by atoms with Crippen molar-refractivity contribution >= 4 is 11.7 Å². The number of hydrogen-bond acceptors (Lipinski definition) is 6.